The predicted octanol–water partition coefficient (Wildman–Crippen LogP) is 4.71. The number of hydrogen-bond donors (Lipinski definition) is 1. The monoisotopic (exact) mass is 499 g/mol. The van der Waals surface area contributed by atoms with E-state index in [1.54, 1.807) is 42.7 Å². The molecule has 0 spiro atoms. The minimum Gasteiger partial charge on any atom is -0.507 e. The van der Waals surface area contributed by atoms with Gasteiger partial charge in [0.15, 0.2) is 16.6 Å². The van der Waals surface area contributed by atoms with Crippen molar-refractivity contribution in [2.45, 2.75) is 19.9 Å². The lowest BCUT2D eigenvalue weighted by Gasteiger charge is -2.23. The third-order valence-corrected chi connectivity index (χ3v) is 7.31. The number of aliphatic hydroxyl groups is 1. The Labute approximate surface area is 210 Å². The largest absolute Gasteiger partial charge is 0.507 e. The summed E-state index contributed by atoms with van der Waals surface area (Å²) in [6.07, 6.45) is 3.18. The molecule has 2 aromatic carbocycles. The third kappa shape index (κ3) is 3.51. The van der Waals surface area contributed by atoms with Gasteiger partial charge in [-0.1, -0.05) is 17.4 Å². The third-order valence-electron chi connectivity index (χ3n) is 6.31. The molecule has 8 nitrogen and oxygen atoms in total. The molecule has 1 amide bonds. The van der Waals surface area contributed by atoms with Crippen molar-refractivity contribution in [1.82, 2.24) is 9.97 Å². The zero-order chi connectivity index (χ0) is 25.0. The molecule has 9 heteroatoms. The lowest BCUT2D eigenvalue weighted by Crippen LogP contribution is -2.29. The Balaban J connectivity index is 1.54. The van der Waals surface area contributed by atoms with Gasteiger partial charge in [-0.2, -0.15) is 0 Å². The highest BCUT2D eigenvalue weighted by Crippen LogP contribution is 2.45. The van der Waals surface area contributed by atoms with E-state index in [4.69, 9.17) is 14.5 Å². The first kappa shape index (κ1) is 22.2. The number of anilines is 1. The quantitative estimate of drug-likeness (QED) is 0.248. The number of rotatable bonds is 3. The Bertz CT molecular complexity index is 1580. The maximum Gasteiger partial charge on any atom is 0.301 e. The number of nitrogens with zero attached hydrogens (tertiary/aromatic N) is 3. The molecule has 1 N–H and O–H groups in total. The molecule has 1 fully saturated rings. The zero-order valence-corrected chi connectivity index (χ0v) is 20.3. The minimum absolute atomic E-state index is 0.0185. The summed E-state index contributed by atoms with van der Waals surface area (Å²) >= 11 is 1.34. The molecule has 1 unspecified atom stereocenters. The molecule has 4 heterocycles. The predicted molar refractivity (Wildman–Crippen MR) is 136 cm³/mol. The smallest absolute Gasteiger partial charge is 0.301 e. The van der Waals surface area contributed by atoms with Gasteiger partial charge in [0.1, 0.15) is 19.0 Å². The van der Waals surface area contributed by atoms with Gasteiger partial charge in [-0.25, -0.2) is 4.98 Å². The Hall–Kier alpha value is -4.24. The summed E-state index contributed by atoms with van der Waals surface area (Å²) in [5, 5.41) is 11.8. The molecular formula is C27H21N3O5S. The van der Waals surface area contributed by atoms with Gasteiger partial charge in [-0.05, 0) is 66.9 Å². The van der Waals surface area contributed by atoms with Crippen molar-refractivity contribution in [3.63, 3.8) is 0 Å². The summed E-state index contributed by atoms with van der Waals surface area (Å²) < 4.78 is 12.1. The summed E-state index contributed by atoms with van der Waals surface area (Å²) in [4.78, 5) is 37.0. The Morgan fingerprint density at radius 1 is 1.03 bits per heavy atom. The second-order valence-electron chi connectivity index (χ2n) is 8.73. The van der Waals surface area contributed by atoms with Crippen LogP contribution in [-0.4, -0.2) is 40.0 Å². The number of carbonyl (C=O) groups excluding carboxylic acids is 2. The molecule has 0 radical (unpaired) electrons. The standard InChI is InChI=1S/C27H21N3O5S/c1-14-11-15(2)22-20(12-14)36-27(29-22)30-23(16-5-7-28-8-6-16)21(25(32)26(30)33)24(31)17-3-4-18-19(13-17)35-10-9-34-18/h3-8,11-13,23,31H,9-10H2,1-2H3/b24-21+. The summed E-state index contributed by atoms with van der Waals surface area (Å²) in [6.45, 7) is 4.79. The minimum atomic E-state index is -0.872. The molecule has 6 rings (SSSR count). The van der Waals surface area contributed by atoms with Crippen molar-refractivity contribution < 1.29 is 24.2 Å². The topological polar surface area (TPSA) is 102 Å². The van der Waals surface area contributed by atoms with E-state index in [0.29, 0.717) is 41.0 Å². The van der Waals surface area contributed by atoms with E-state index in [1.807, 2.05) is 26.0 Å². The van der Waals surface area contributed by atoms with Gasteiger partial charge in [-0.15, -0.1) is 0 Å². The molecule has 0 saturated carbocycles. The van der Waals surface area contributed by atoms with Crippen molar-refractivity contribution in [3.05, 3.63) is 82.7 Å². The fourth-order valence-electron chi connectivity index (χ4n) is 4.70. The van der Waals surface area contributed by atoms with Crippen LogP contribution >= 0.6 is 11.3 Å². The Kier molecular flexibility index (Phi) is 5.22. The number of carbonyl (C=O) groups is 2. The summed E-state index contributed by atoms with van der Waals surface area (Å²) in [6, 6.07) is 11.6. The normalized spacial score (nSPS) is 18.7. The fraction of sp³-hybridized carbons (Fsp3) is 0.185. The number of thiazole rings is 1. The van der Waals surface area contributed by atoms with E-state index >= 15 is 0 Å². The van der Waals surface area contributed by atoms with Gasteiger partial charge in [0.25, 0.3) is 5.78 Å². The Morgan fingerprint density at radius 2 is 1.78 bits per heavy atom. The first-order chi connectivity index (χ1) is 17.4. The van der Waals surface area contributed by atoms with Gasteiger partial charge < -0.3 is 14.6 Å². The van der Waals surface area contributed by atoms with E-state index in [0.717, 1.165) is 21.3 Å². The average Bonchev–Trinajstić information content (AvgIpc) is 3.42. The number of aliphatic hydroxyl groups excluding tert-OH is 1. The van der Waals surface area contributed by atoms with Crippen LogP contribution in [0.25, 0.3) is 16.0 Å². The molecule has 1 saturated heterocycles. The molecule has 4 aromatic rings. The molecule has 2 aliphatic heterocycles. The highest BCUT2D eigenvalue weighted by Gasteiger charge is 2.48. The second-order valence-corrected chi connectivity index (χ2v) is 9.74. The van der Waals surface area contributed by atoms with Gasteiger partial charge in [0.2, 0.25) is 0 Å². The van der Waals surface area contributed by atoms with Gasteiger partial charge in [0, 0.05) is 18.0 Å². The average molecular weight is 500 g/mol. The molecule has 36 heavy (non-hydrogen) atoms. The SMILES string of the molecule is Cc1cc(C)c2nc(N3C(=O)C(=O)/C(=C(/O)c4ccc5c(c4)OCCO5)C3c3ccncc3)sc2c1. The molecule has 2 aliphatic rings. The van der Waals surface area contributed by atoms with E-state index in [1.165, 1.54) is 16.2 Å². The van der Waals surface area contributed by atoms with Gasteiger partial charge in [-0.3, -0.25) is 19.5 Å². The lowest BCUT2D eigenvalue weighted by molar-refractivity contribution is -0.132. The number of pyridine rings is 1. The van der Waals surface area contributed by atoms with Crippen LogP contribution in [0.15, 0.2) is 60.4 Å². The van der Waals surface area contributed by atoms with Crippen molar-refractivity contribution in [3.8, 4) is 11.5 Å². The van der Waals surface area contributed by atoms with Crippen molar-refractivity contribution >= 4 is 44.1 Å². The molecular weight excluding hydrogens is 478 g/mol. The van der Waals surface area contributed by atoms with Crippen LogP contribution in [0.5, 0.6) is 11.5 Å². The van der Waals surface area contributed by atoms with Crippen LogP contribution in [-0.2, 0) is 9.59 Å². The zero-order valence-electron chi connectivity index (χ0n) is 19.5. The van der Waals surface area contributed by atoms with Crippen LogP contribution in [0.4, 0.5) is 5.13 Å². The summed E-state index contributed by atoms with van der Waals surface area (Å²) in [7, 11) is 0. The first-order valence-corrected chi connectivity index (χ1v) is 12.2. The molecule has 2 aromatic heterocycles. The van der Waals surface area contributed by atoms with Crippen molar-refractivity contribution in [1.29, 1.82) is 0 Å². The number of amides is 1. The maximum atomic E-state index is 13.4. The van der Waals surface area contributed by atoms with Crippen LogP contribution < -0.4 is 14.4 Å². The summed E-state index contributed by atoms with van der Waals surface area (Å²) in [5.74, 6) is -0.787. The number of aromatic nitrogens is 2. The van der Waals surface area contributed by atoms with E-state index < -0.39 is 17.7 Å². The summed E-state index contributed by atoms with van der Waals surface area (Å²) in [5.41, 5.74) is 3.82. The first-order valence-electron chi connectivity index (χ1n) is 11.4. The van der Waals surface area contributed by atoms with E-state index in [2.05, 4.69) is 4.98 Å². The van der Waals surface area contributed by atoms with Crippen molar-refractivity contribution in [2.75, 3.05) is 18.1 Å². The Morgan fingerprint density at radius 3 is 2.56 bits per heavy atom. The molecule has 0 bridgehead atoms. The van der Waals surface area contributed by atoms with Crippen LogP contribution in [0.3, 0.4) is 0 Å². The van der Waals surface area contributed by atoms with E-state index in [-0.39, 0.29) is 11.3 Å². The van der Waals surface area contributed by atoms with E-state index in [9.17, 15) is 14.7 Å². The van der Waals surface area contributed by atoms with Gasteiger partial charge in [0.05, 0.1) is 21.8 Å². The molecule has 0 aliphatic carbocycles. The number of benzene rings is 2. The lowest BCUT2D eigenvalue weighted by atomic mass is 9.96. The number of aryl methyl sites for hydroxylation is 2. The fourth-order valence-corrected chi connectivity index (χ4v) is 5.87. The number of ketones is 1. The number of ether oxygens (including phenoxy) is 2. The number of fused-ring (bicyclic) bond motifs is 2. The van der Waals surface area contributed by atoms with Crippen molar-refractivity contribution in [2.24, 2.45) is 0 Å². The number of hydrogen-bond acceptors (Lipinski definition) is 8. The number of Topliss-reactive ketones (excluding diaryl/α,β-unsaturated/α-hetero) is 1. The highest BCUT2D eigenvalue weighted by molar-refractivity contribution is 7.22. The second kappa shape index (κ2) is 8.46. The van der Waals surface area contributed by atoms with Crippen LogP contribution in [0, 0.1) is 13.8 Å². The molecule has 180 valence electrons. The van der Waals surface area contributed by atoms with Crippen LogP contribution in [0.2, 0.25) is 0 Å². The molecule has 1 atom stereocenters. The highest BCUT2D eigenvalue weighted by atomic mass is 32.1. The van der Waals surface area contributed by atoms with Gasteiger partial charge >= 0.3 is 5.91 Å². The maximum absolute atomic E-state index is 13.4. The van der Waals surface area contributed by atoms with Crippen LogP contribution in [0.1, 0.15) is 28.3 Å².